The lowest BCUT2D eigenvalue weighted by molar-refractivity contribution is -1.92. The Labute approximate surface area is 170 Å². The van der Waals surface area contributed by atoms with Crippen molar-refractivity contribution in [3.63, 3.8) is 0 Å². The minimum Gasteiger partial charge on any atom is -0.497 e. The van der Waals surface area contributed by atoms with Gasteiger partial charge in [0.2, 0.25) is 0 Å². The predicted molar refractivity (Wildman–Crippen MR) is 103 cm³/mol. The van der Waals surface area contributed by atoms with Gasteiger partial charge in [0.05, 0.1) is 33.2 Å². The number of hydrogen-bond donors (Lipinski definition) is 1. The van der Waals surface area contributed by atoms with Gasteiger partial charge in [-0.05, 0) is 66.1 Å². The fourth-order valence-corrected chi connectivity index (χ4v) is 3.35. The molecule has 0 spiro atoms. The molecule has 0 unspecified atom stereocenters. The molecule has 0 aliphatic heterocycles. The van der Waals surface area contributed by atoms with Gasteiger partial charge >= 0.3 is 0 Å². The van der Waals surface area contributed by atoms with Gasteiger partial charge in [0.15, 0.2) is 0 Å². The molecule has 0 saturated heterocycles. The van der Waals surface area contributed by atoms with E-state index >= 15 is 0 Å². The van der Waals surface area contributed by atoms with Gasteiger partial charge in [-0.1, -0.05) is 30.3 Å². The summed E-state index contributed by atoms with van der Waals surface area (Å²) in [6.07, 6.45) is 0. The molecular formula is C22H20ClNO5. The second-order valence-corrected chi connectivity index (χ2v) is 7.31. The molecule has 0 aliphatic carbocycles. The summed E-state index contributed by atoms with van der Waals surface area (Å²) in [6, 6.07) is 20.9. The van der Waals surface area contributed by atoms with Gasteiger partial charge < -0.3 is 4.74 Å². The third kappa shape index (κ3) is 4.82. The molecule has 29 heavy (non-hydrogen) atoms. The van der Waals surface area contributed by atoms with Crippen molar-refractivity contribution < 1.29 is 33.6 Å². The van der Waals surface area contributed by atoms with Crippen molar-refractivity contribution >= 4 is 21.7 Å². The minimum atomic E-state index is -4.69. The Morgan fingerprint density at radius 1 is 0.862 bits per heavy atom. The van der Waals surface area contributed by atoms with Crippen molar-refractivity contribution in [3.05, 3.63) is 71.8 Å². The van der Waals surface area contributed by atoms with Gasteiger partial charge in [-0.2, -0.15) is 14.0 Å². The van der Waals surface area contributed by atoms with Gasteiger partial charge in [0, 0.05) is 10.9 Å². The lowest BCUT2D eigenvalue weighted by Gasteiger charge is -2.14. The van der Waals surface area contributed by atoms with Crippen molar-refractivity contribution in [2.75, 3.05) is 7.11 Å². The van der Waals surface area contributed by atoms with E-state index in [0.717, 1.165) is 22.5 Å². The molecule has 0 aliphatic rings. The zero-order chi connectivity index (χ0) is 21.2. The standard InChI is InChI=1S/C22H19NO.ClHO4/c1-14-15(2)22(17-8-11-18(24-3)12-9-17)23-20-13-10-16-6-4-5-7-19(16)21(14)20;2-1(3,4)5/h4-13H,1-3H3;(H,2,3,4,5). The summed E-state index contributed by atoms with van der Waals surface area (Å²) in [5.74, 6) is 0.861. The molecular weight excluding hydrogens is 394 g/mol. The van der Waals surface area contributed by atoms with E-state index in [2.05, 4.69) is 62.4 Å². The number of benzene rings is 3. The predicted octanol–water partition coefficient (Wildman–Crippen LogP) is 1.56. The summed E-state index contributed by atoms with van der Waals surface area (Å²) in [5, 5.41) is 3.78. The molecule has 7 heteroatoms. The molecule has 150 valence electrons. The van der Waals surface area contributed by atoms with Crippen molar-refractivity contribution in [2.45, 2.75) is 13.8 Å². The molecule has 6 nitrogen and oxygen atoms in total. The van der Waals surface area contributed by atoms with Crippen LogP contribution in [0, 0.1) is 24.1 Å². The van der Waals surface area contributed by atoms with Gasteiger partial charge in [0.25, 0.3) is 0 Å². The van der Waals surface area contributed by atoms with Crippen LogP contribution in [0.15, 0.2) is 60.7 Å². The SMILES string of the molecule is COc1ccc(-c2nc3ccc4ccccc4c3c(C)c2C)cc1.[O-][Cl+3]([O-])([O-])O. The Bertz CT molecular complexity index is 1150. The summed E-state index contributed by atoms with van der Waals surface area (Å²) in [5.41, 5.74) is 5.72. The summed E-state index contributed by atoms with van der Waals surface area (Å²) in [6.45, 7) is 4.35. The average molecular weight is 414 g/mol. The Balaban J connectivity index is 0.000000431. The highest BCUT2D eigenvalue weighted by Gasteiger charge is 2.12. The maximum absolute atomic E-state index is 8.60. The topological polar surface area (TPSA) is 112 Å². The van der Waals surface area contributed by atoms with Crippen LogP contribution >= 0.6 is 0 Å². The van der Waals surface area contributed by atoms with Crippen molar-refractivity contribution in [1.29, 1.82) is 0 Å². The van der Waals surface area contributed by atoms with Crippen LogP contribution in [0.5, 0.6) is 5.75 Å². The number of nitrogens with zero attached hydrogens (tertiary/aromatic N) is 1. The molecule has 0 atom stereocenters. The quantitative estimate of drug-likeness (QED) is 0.499. The number of methoxy groups -OCH3 is 1. The van der Waals surface area contributed by atoms with Crippen LogP contribution in [-0.4, -0.2) is 16.8 Å². The smallest absolute Gasteiger partial charge is 0.118 e. The van der Waals surface area contributed by atoms with Gasteiger partial charge in [-0.25, -0.2) is 4.98 Å². The van der Waals surface area contributed by atoms with Crippen LogP contribution in [0.1, 0.15) is 11.1 Å². The van der Waals surface area contributed by atoms with E-state index in [0.29, 0.717) is 0 Å². The molecule has 0 bridgehead atoms. The lowest BCUT2D eigenvalue weighted by atomic mass is 9.95. The monoisotopic (exact) mass is 413 g/mol. The number of hydrogen-bond acceptors (Lipinski definition) is 6. The number of halogens is 1. The van der Waals surface area contributed by atoms with Crippen LogP contribution < -0.4 is 18.7 Å². The van der Waals surface area contributed by atoms with Crippen LogP contribution in [0.2, 0.25) is 0 Å². The van der Waals surface area contributed by atoms with Crippen molar-refractivity contribution in [1.82, 2.24) is 4.98 Å². The Hall–Kier alpha value is -2.74. The second-order valence-electron chi connectivity index (χ2n) is 6.52. The highest BCUT2D eigenvalue weighted by atomic mass is 35.7. The van der Waals surface area contributed by atoms with Crippen LogP contribution in [0.3, 0.4) is 0 Å². The first kappa shape index (κ1) is 21.0. The van der Waals surface area contributed by atoms with E-state index in [-0.39, 0.29) is 0 Å². The summed E-state index contributed by atoms with van der Waals surface area (Å²) in [4.78, 5) is 4.97. The molecule has 1 heterocycles. The third-order valence-corrected chi connectivity index (χ3v) is 4.80. The Morgan fingerprint density at radius 2 is 1.48 bits per heavy atom. The number of pyridine rings is 1. The molecule has 0 saturated carbocycles. The first-order valence-corrected chi connectivity index (χ1v) is 10.0. The summed E-state index contributed by atoms with van der Waals surface area (Å²) in [7, 11) is -3.01. The average Bonchev–Trinajstić information content (AvgIpc) is 2.69. The highest BCUT2D eigenvalue weighted by Crippen LogP contribution is 2.33. The number of fused-ring (bicyclic) bond motifs is 3. The maximum Gasteiger partial charge on any atom is 0.118 e. The maximum atomic E-state index is 8.60. The number of aryl methyl sites for hydroxylation is 1. The van der Waals surface area contributed by atoms with E-state index in [1.54, 1.807) is 7.11 Å². The van der Waals surface area contributed by atoms with E-state index in [9.17, 15) is 0 Å². The van der Waals surface area contributed by atoms with E-state index in [1.807, 2.05) is 12.1 Å². The fraction of sp³-hybridized carbons (Fsp3) is 0.136. The van der Waals surface area contributed by atoms with Crippen molar-refractivity contribution in [3.8, 4) is 17.0 Å². The zero-order valence-corrected chi connectivity index (χ0v) is 16.9. The Morgan fingerprint density at radius 3 is 2.10 bits per heavy atom. The molecule has 4 rings (SSSR count). The van der Waals surface area contributed by atoms with E-state index < -0.39 is 10.2 Å². The number of aromatic nitrogens is 1. The van der Waals surface area contributed by atoms with Crippen LogP contribution in [-0.2, 0) is 0 Å². The Kier molecular flexibility index (Phi) is 6.02. The first-order chi connectivity index (χ1) is 13.7. The second kappa shape index (κ2) is 8.32. The van der Waals surface area contributed by atoms with Gasteiger partial charge in [-0.15, -0.1) is 0 Å². The molecule has 4 aromatic rings. The third-order valence-electron chi connectivity index (χ3n) is 4.80. The van der Waals surface area contributed by atoms with Gasteiger partial charge in [-0.3, -0.25) is 0 Å². The largest absolute Gasteiger partial charge is 0.497 e. The first-order valence-electron chi connectivity index (χ1n) is 8.75. The minimum absolute atomic E-state index is 0.861. The summed E-state index contributed by atoms with van der Waals surface area (Å²) < 4.78 is 38.0. The molecule has 0 fully saturated rings. The van der Waals surface area contributed by atoms with Gasteiger partial charge in [0.1, 0.15) is 5.75 Å². The van der Waals surface area contributed by atoms with E-state index in [1.165, 1.54) is 27.3 Å². The van der Waals surface area contributed by atoms with Crippen LogP contribution in [0.4, 0.5) is 0 Å². The lowest BCUT2D eigenvalue weighted by Crippen LogP contribution is -2.58. The highest BCUT2D eigenvalue weighted by molar-refractivity contribution is 6.08. The van der Waals surface area contributed by atoms with Crippen LogP contribution in [0.25, 0.3) is 32.9 Å². The molecule has 3 aromatic carbocycles. The fourth-order valence-electron chi connectivity index (χ4n) is 3.35. The number of ether oxygens (including phenoxy) is 1. The molecule has 1 aromatic heterocycles. The molecule has 0 amide bonds. The zero-order valence-electron chi connectivity index (χ0n) is 16.2. The molecule has 1 N–H and O–H groups in total. The normalized spacial score (nSPS) is 11.3. The number of rotatable bonds is 2. The molecule has 0 radical (unpaired) electrons. The summed E-state index contributed by atoms with van der Waals surface area (Å²) >= 11 is 0. The van der Waals surface area contributed by atoms with Crippen molar-refractivity contribution in [2.24, 2.45) is 0 Å². The van der Waals surface area contributed by atoms with E-state index in [4.69, 9.17) is 28.4 Å².